The van der Waals surface area contributed by atoms with Crippen molar-refractivity contribution in [2.24, 2.45) is 5.73 Å². The van der Waals surface area contributed by atoms with Crippen molar-refractivity contribution in [1.29, 1.82) is 0 Å². The number of halogens is 1. The van der Waals surface area contributed by atoms with Crippen LogP contribution in [0.2, 0.25) is 19.1 Å². The number of rotatable bonds is 4. The summed E-state index contributed by atoms with van der Waals surface area (Å²) in [5, 5.41) is 8.49. The van der Waals surface area contributed by atoms with Gasteiger partial charge in [0.15, 0.2) is 0 Å². The van der Waals surface area contributed by atoms with Crippen LogP contribution in [0.25, 0.3) is 0 Å². The Kier molecular flexibility index (Phi) is 4.06. The molecule has 11 heavy (non-hydrogen) atoms. The molecule has 0 fully saturated rings. The van der Waals surface area contributed by atoms with Gasteiger partial charge in [-0.1, -0.05) is 13.1 Å². The highest BCUT2D eigenvalue weighted by molar-refractivity contribution is 6.83. The number of carboxylic acid groups (broad SMARTS) is 1. The molecule has 0 aliphatic rings. The molecule has 0 saturated carbocycles. The van der Waals surface area contributed by atoms with Crippen LogP contribution in [0.4, 0.5) is 0 Å². The van der Waals surface area contributed by atoms with Gasteiger partial charge < -0.3 is 10.8 Å². The van der Waals surface area contributed by atoms with Gasteiger partial charge in [-0.3, -0.25) is 4.79 Å². The molecule has 0 bridgehead atoms. The maximum absolute atomic E-state index is 10.3. The Morgan fingerprint density at radius 1 is 1.73 bits per heavy atom. The van der Waals surface area contributed by atoms with Crippen molar-refractivity contribution in [2.75, 3.05) is 5.50 Å². The van der Waals surface area contributed by atoms with Crippen molar-refractivity contribution in [3.05, 3.63) is 0 Å². The molecule has 66 valence electrons. The summed E-state index contributed by atoms with van der Waals surface area (Å²) in [6, 6.07) is -0.193. The maximum atomic E-state index is 10.3. The van der Waals surface area contributed by atoms with Crippen molar-refractivity contribution in [3.63, 3.8) is 0 Å². The van der Waals surface area contributed by atoms with Crippen LogP contribution in [-0.4, -0.2) is 30.7 Å². The topological polar surface area (TPSA) is 63.3 Å². The highest BCUT2D eigenvalue weighted by atomic mass is 35.5. The summed E-state index contributed by atoms with van der Waals surface area (Å²) in [6.45, 7) is 4.06. The lowest BCUT2D eigenvalue weighted by Crippen LogP contribution is -2.41. The molecule has 0 saturated heterocycles. The first-order valence-corrected chi connectivity index (χ1v) is 7.38. The number of hydrogen-bond donors (Lipinski definition) is 2. The van der Waals surface area contributed by atoms with Crippen LogP contribution in [0.15, 0.2) is 0 Å². The summed E-state index contributed by atoms with van der Waals surface area (Å²) in [5.41, 5.74) is 5.92. The fourth-order valence-electron chi connectivity index (χ4n) is 0.737. The highest BCUT2D eigenvalue weighted by Crippen LogP contribution is 2.12. The molecule has 0 radical (unpaired) electrons. The predicted octanol–water partition coefficient (Wildman–Crippen LogP) is 0.885. The Balaban J connectivity index is 3.93. The van der Waals surface area contributed by atoms with Crippen LogP contribution in [0.5, 0.6) is 0 Å². The summed E-state index contributed by atoms with van der Waals surface area (Å²) in [6.07, 6.45) is 0. The summed E-state index contributed by atoms with van der Waals surface area (Å²) < 4.78 is 0. The van der Waals surface area contributed by atoms with E-state index in [0.29, 0.717) is 11.5 Å². The minimum Gasteiger partial charge on any atom is -0.480 e. The van der Waals surface area contributed by atoms with Gasteiger partial charge in [0.05, 0.1) is 8.07 Å². The zero-order chi connectivity index (χ0) is 9.07. The van der Waals surface area contributed by atoms with Crippen molar-refractivity contribution in [2.45, 2.75) is 25.2 Å². The van der Waals surface area contributed by atoms with E-state index in [4.69, 9.17) is 22.4 Å². The van der Waals surface area contributed by atoms with Gasteiger partial charge in [0, 0.05) is 5.50 Å². The number of hydrogen-bond acceptors (Lipinski definition) is 2. The fourth-order valence-corrected chi connectivity index (χ4v) is 2.54. The van der Waals surface area contributed by atoms with Gasteiger partial charge in [-0.15, -0.1) is 11.6 Å². The molecular formula is C6H14ClNO2Si. The number of carboxylic acids is 1. The zero-order valence-corrected chi connectivity index (χ0v) is 8.56. The molecule has 0 aliphatic heterocycles. The van der Waals surface area contributed by atoms with E-state index in [2.05, 4.69) is 0 Å². The van der Waals surface area contributed by atoms with Crippen molar-refractivity contribution >= 4 is 25.6 Å². The first-order chi connectivity index (χ1) is 4.89. The van der Waals surface area contributed by atoms with E-state index in [9.17, 15) is 4.79 Å². The molecule has 0 amide bonds. The second-order valence-corrected chi connectivity index (χ2v) is 9.25. The van der Waals surface area contributed by atoms with Gasteiger partial charge in [0.1, 0.15) is 6.04 Å². The van der Waals surface area contributed by atoms with Crippen LogP contribution < -0.4 is 5.73 Å². The first kappa shape index (κ1) is 10.9. The van der Waals surface area contributed by atoms with E-state index >= 15 is 0 Å². The van der Waals surface area contributed by atoms with Gasteiger partial charge >= 0.3 is 5.97 Å². The minimum atomic E-state index is -1.54. The predicted molar refractivity (Wildman–Crippen MR) is 48.6 cm³/mol. The Bertz CT molecular complexity index is 152. The third-order valence-corrected chi connectivity index (χ3v) is 5.89. The van der Waals surface area contributed by atoms with E-state index in [1.165, 1.54) is 0 Å². The number of aliphatic carboxylic acids is 1. The summed E-state index contributed by atoms with van der Waals surface area (Å²) in [7, 11) is -1.54. The molecule has 1 atom stereocenters. The molecular weight excluding hydrogens is 182 g/mol. The Hall–Kier alpha value is -0.0631. The van der Waals surface area contributed by atoms with Gasteiger partial charge in [-0.25, -0.2) is 0 Å². The van der Waals surface area contributed by atoms with E-state index < -0.39 is 20.1 Å². The monoisotopic (exact) mass is 195 g/mol. The average Bonchev–Trinajstić information content (AvgIpc) is 1.87. The van der Waals surface area contributed by atoms with Crippen molar-refractivity contribution < 1.29 is 9.90 Å². The van der Waals surface area contributed by atoms with Crippen molar-refractivity contribution in [1.82, 2.24) is 0 Å². The second kappa shape index (κ2) is 4.09. The van der Waals surface area contributed by atoms with Crippen LogP contribution in [0.3, 0.4) is 0 Å². The van der Waals surface area contributed by atoms with Gasteiger partial charge in [0.25, 0.3) is 0 Å². The molecule has 0 aromatic rings. The molecule has 0 spiro atoms. The summed E-state index contributed by atoms with van der Waals surface area (Å²) >= 11 is 5.66. The third-order valence-electron chi connectivity index (χ3n) is 1.45. The van der Waals surface area contributed by atoms with E-state index in [1.807, 2.05) is 13.1 Å². The standard InChI is InChI=1S/C6H14ClNO2Si/c1-11(2,4-7)3-5(8)6(9)10/h5H,3-4,8H2,1-2H3,(H,9,10). The number of nitrogens with two attached hydrogens (primary N) is 1. The van der Waals surface area contributed by atoms with Crippen LogP contribution in [-0.2, 0) is 4.79 Å². The fraction of sp³-hybridized carbons (Fsp3) is 0.833. The molecule has 3 nitrogen and oxygen atoms in total. The Morgan fingerprint density at radius 2 is 2.18 bits per heavy atom. The quantitative estimate of drug-likeness (QED) is 0.517. The summed E-state index contributed by atoms with van der Waals surface area (Å²) in [4.78, 5) is 10.3. The van der Waals surface area contributed by atoms with Crippen LogP contribution >= 0.6 is 11.6 Å². The number of carbonyl (C=O) groups is 1. The minimum absolute atomic E-state index is 0.547. The van der Waals surface area contributed by atoms with Crippen molar-refractivity contribution in [3.8, 4) is 0 Å². The molecule has 0 aromatic heterocycles. The van der Waals surface area contributed by atoms with E-state index in [0.717, 1.165) is 0 Å². The molecule has 0 heterocycles. The largest absolute Gasteiger partial charge is 0.480 e. The molecule has 0 aliphatic carbocycles. The van der Waals surface area contributed by atoms with E-state index in [-0.39, 0.29) is 0 Å². The number of alkyl halides is 1. The maximum Gasteiger partial charge on any atom is 0.320 e. The lowest BCUT2D eigenvalue weighted by molar-refractivity contribution is -0.138. The van der Waals surface area contributed by atoms with Crippen LogP contribution in [0, 0.1) is 0 Å². The average molecular weight is 196 g/mol. The lowest BCUT2D eigenvalue weighted by Gasteiger charge is -2.20. The van der Waals surface area contributed by atoms with Crippen LogP contribution in [0.1, 0.15) is 0 Å². The summed E-state index contributed by atoms with van der Waals surface area (Å²) in [5.74, 6) is -0.935. The van der Waals surface area contributed by atoms with Gasteiger partial charge in [0.2, 0.25) is 0 Å². The Labute approximate surface area is 72.5 Å². The normalized spacial score (nSPS) is 14.5. The van der Waals surface area contributed by atoms with Gasteiger partial charge in [-0.2, -0.15) is 0 Å². The third kappa shape index (κ3) is 4.39. The highest BCUT2D eigenvalue weighted by Gasteiger charge is 2.25. The SMILES string of the molecule is C[Si](C)(CCl)CC(N)C(=O)O. The molecule has 1 unspecified atom stereocenters. The van der Waals surface area contributed by atoms with E-state index in [1.54, 1.807) is 0 Å². The molecule has 3 N–H and O–H groups in total. The molecule has 0 aromatic carbocycles. The Morgan fingerprint density at radius 3 is 2.45 bits per heavy atom. The smallest absolute Gasteiger partial charge is 0.320 e. The first-order valence-electron chi connectivity index (χ1n) is 3.43. The molecule has 5 heteroatoms. The van der Waals surface area contributed by atoms with Gasteiger partial charge in [-0.05, 0) is 6.04 Å². The second-order valence-electron chi connectivity index (χ2n) is 3.45. The zero-order valence-electron chi connectivity index (χ0n) is 6.80. The molecule has 0 rings (SSSR count). The lowest BCUT2D eigenvalue weighted by atomic mass is 10.4.